The second kappa shape index (κ2) is 4.72. The van der Waals surface area contributed by atoms with E-state index in [9.17, 15) is 4.79 Å². The normalized spacial score (nSPS) is 12.2. The minimum absolute atomic E-state index is 0.0539. The topological polar surface area (TPSA) is 68.0 Å². The molecule has 4 nitrogen and oxygen atoms in total. The zero-order valence-electron chi connectivity index (χ0n) is 8.45. The Hall–Kier alpha value is -1.42. The predicted molar refractivity (Wildman–Crippen MR) is 55.8 cm³/mol. The van der Waals surface area contributed by atoms with Gasteiger partial charge in [0.15, 0.2) is 0 Å². The molecule has 4 heteroatoms. The molecule has 1 heterocycles. The van der Waals surface area contributed by atoms with Crippen LogP contribution in [0.3, 0.4) is 0 Å². The van der Waals surface area contributed by atoms with Gasteiger partial charge in [0.05, 0.1) is 0 Å². The van der Waals surface area contributed by atoms with Gasteiger partial charge in [0.1, 0.15) is 0 Å². The van der Waals surface area contributed by atoms with Crippen molar-refractivity contribution < 1.29 is 4.79 Å². The van der Waals surface area contributed by atoms with Gasteiger partial charge in [-0.3, -0.25) is 9.78 Å². The van der Waals surface area contributed by atoms with Crippen molar-refractivity contribution in [3.05, 3.63) is 24.0 Å². The average molecular weight is 193 g/mol. The molecule has 0 aromatic carbocycles. The van der Waals surface area contributed by atoms with E-state index in [1.165, 1.54) is 0 Å². The van der Waals surface area contributed by atoms with E-state index >= 15 is 0 Å². The number of nitrogens with zero attached hydrogens (tertiary/aromatic N) is 1. The van der Waals surface area contributed by atoms with Gasteiger partial charge < -0.3 is 11.1 Å². The maximum absolute atomic E-state index is 11.5. The van der Waals surface area contributed by atoms with E-state index in [0.717, 1.165) is 11.3 Å². The molecule has 14 heavy (non-hydrogen) atoms. The third kappa shape index (κ3) is 2.53. The Balaban J connectivity index is 2.70. The molecule has 0 radical (unpaired) electrons. The molecule has 0 aliphatic carbocycles. The summed E-state index contributed by atoms with van der Waals surface area (Å²) in [5.74, 6) is -0.218. The number of aryl methyl sites for hydroxylation is 1. The lowest BCUT2D eigenvalue weighted by Gasteiger charge is -2.11. The molecule has 0 aliphatic heterocycles. The third-order valence-corrected chi connectivity index (χ3v) is 2.08. The fourth-order valence-corrected chi connectivity index (χ4v) is 0.977. The highest BCUT2D eigenvalue weighted by Gasteiger charge is 2.11. The fraction of sp³-hybridized carbons (Fsp3) is 0.400. The number of hydrogen-bond donors (Lipinski definition) is 2. The van der Waals surface area contributed by atoms with Crippen LogP contribution in [-0.4, -0.2) is 17.4 Å². The number of pyridine rings is 1. The summed E-state index contributed by atoms with van der Waals surface area (Å²) < 4.78 is 0. The number of rotatable bonds is 3. The molecular weight excluding hydrogens is 178 g/mol. The quantitative estimate of drug-likeness (QED) is 0.750. The molecular formula is C10H15N3O. The molecule has 0 saturated heterocycles. The number of carbonyl (C=O) groups is 1. The van der Waals surface area contributed by atoms with Gasteiger partial charge in [-0.15, -0.1) is 0 Å². The summed E-state index contributed by atoms with van der Waals surface area (Å²) in [6, 6.07) is 1.77. The van der Waals surface area contributed by atoms with Crippen LogP contribution in [0.5, 0.6) is 0 Å². The zero-order valence-corrected chi connectivity index (χ0v) is 8.45. The minimum atomic E-state index is -0.164. The second-order valence-electron chi connectivity index (χ2n) is 3.32. The van der Waals surface area contributed by atoms with Crippen LogP contribution >= 0.6 is 0 Å². The van der Waals surface area contributed by atoms with E-state index < -0.39 is 0 Å². The van der Waals surface area contributed by atoms with Crippen LogP contribution in [0.25, 0.3) is 0 Å². The molecule has 76 valence electrons. The van der Waals surface area contributed by atoms with Gasteiger partial charge in [-0.25, -0.2) is 0 Å². The predicted octanol–water partition coefficient (Wildman–Crippen LogP) is 0.923. The summed E-state index contributed by atoms with van der Waals surface area (Å²) in [5, 5.41) is 2.80. The lowest BCUT2D eigenvalue weighted by atomic mass is 10.1. The maximum atomic E-state index is 11.5. The van der Waals surface area contributed by atoms with Crippen molar-refractivity contribution >= 4 is 11.6 Å². The summed E-state index contributed by atoms with van der Waals surface area (Å²) in [4.78, 5) is 15.4. The van der Waals surface area contributed by atoms with Crippen LogP contribution < -0.4 is 11.1 Å². The molecule has 1 aromatic heterocycles. The van der Waals surface area contributed by atoms with Crippen molar-refractivity contribution in [2.45, 2.75) is 13.8 Å². The van der Waals surface area contributed by atoms with E-state index in [1.54, 1.807) is 25.4 Å². The Kier molecular flexibility index (Phi) is 3.59. The highest BCUT2D eigenvalue weighted by Crippen LogP contribution is 2.12. The average Bonchev–Trinajstić information content (AvgIpc) is 2.20. The highest BCUT2D eigenvalue weighted by atomic mass is 16.1. The summed E-state index contributed by atoms with van der Waals surface area (Å²) in [7, 11) is 0. The number of amides is 1. The molecule has 0 aliphatic rings. The Morgan fingerprint density at radius 2 is 2.43 bits per heavy atom. The first-order valence-corrected chi connectivity index (χ1v) is 4.56. The van der Waals surface area contributed by atoms with E-state index in [1.807, 2.05) is 6.92 Å². The second-order valence-corrected chi connectivity index (χ2v) is 3.32. The van der Waals surface area contributed by atoms with E-state index in [-0.39, 0.29) is 11.8 Å². The molecule has 3 N–H and O–H groups in total. The number of anilines is 1. The van der Waals surface area contributed by atoms with Crippen molar-refractivity contribution in [2.24, 2.45) is 11.7 Å². The lowest BCUT2D eigenvalue weighted by Crippen LogP contribution is -2.26. The Labute approximate surface area is 83.5 Å². The first-order chi connectivity index (χ1) is 6.65. The number of nitrogens with two attached hydrogens (primary N) is 1. The Bertz CT molecular complexity index is 325. The zero-order chi connectivity index (χ0) is 10.6. The van der Waals surface area contributed by atoms with Gasteiger partial charge in [-0.2, -0.15) is 0 Å². The molecule has 0 saturated carbocycles. The molecule has 0 bridgehead atoms. The fourth-order valence-electron chi connectivity index (χ4n) is 0.977. The van der Waals surface area contributed by atoms with Crippen molar-refractivity contribution in [2.75, 3.05) is 11.9 Å². The number of hydrogen-bond acceptors (Lipinski definition) is 3. The standard InChI is InChI=1S/C10H15N3O/c1-7(5-11)10(14)13-9-3-4-12-6-8(9)2/h3-4,6-7H,5,11H2,1-2H3,(H,12,13,14). The van der Waals surface area contributed by atoms with E-state index in [0.29, 0.717) is 6.54 Å². The Morgan fingerprint density at radius 3 is 3.00 bits per heavy atom. The first-order valence-electron chi connectivity index (χ1n) is 4.56. The first kappa shape index (κ1) is 10.7. The molecule has 0 spiro atoms. The van der Waals surface area contributed by atoms with Crippen molar-refractivity contribution in [3.63, 3.8) is 0 Å². The maximum Gasteiger partial charge on any atom is 0.228 e. The minimum Gasteiger partial charge on any atom is -0.330 e. The van der Waals surface area contributed by atoms with Gasteiger partial charge in [0.2, 0.25) is 5.91 Å². The molecule has 1 atom stereocenters. The van der Waals surface area contributed by atoms with Gasteiger partial charge >= 0.3 is 0 Å². The van der Waals surface area contributed by atoms with Crippen molar-refractivity contribution in [3.8, 4) is 0 Å². The van der Waals surface area contributed by atoms with Gasteiger partial charge in [-0.1, -0.05) is 6.92 Å². The van der Waals surface area contributed by atoms with Crippen molar-refractivity contribution in [1.82, 2.24) is 4.98 Å². The van der Waals surface area contributed by atoms with E-state index in [2.05, 4.69) is 10.3 Å². The van der Waals surface area contributed by atoms with Gasteiger partial charge in [0.25, 0.3) is 0 Å². The molecule has 0 fully saturated rings. The van der Waals surface area contributed by atoms with Crippen LogP contribution in [0.2, 0.25) is 0 Å². The van der Waals surface area contributed by atoms with Gasteiger partial charge in [0, 0.05) is 30.5 Å². The summed E-state index contributed by atoms with van der Waals surface area (Å²) in [5.41, 5.74) is 7.14. The number of carbonyl (C=O) groups excluding carboxylic acids is 1. The summed E-state index contributed by atoms with van der Waals surface area (Å²) in [6.07, 6.45) is 3.36. The van der Waals surface area contributed by atoms with E-state index in [4.69, 9.17) is 5.73 Å². The van der Waals surface area contributed by atoms with Crippen LogP contribution in [0.1, 0.15) is 12.5 Å². The lowest BCUT2D eigenvalue weighted by molar-refractivity contribution is -0.119. The third-order valence-electron chi connectivity index (χ3n) is 2.08. The largest absolute Gasteiger partial charge is 0.330 e. The molecule has 1 rings (SSSR count). The van der Waals surface area contributed by atoms with Crippen molar-refractivity contribution in [1.29, 1.82) is 0 Å². The highest BCUT2D eigenvalue weighted by molar-refractivity contribution is 5.93. The Morgan fingerprint density at radius 1 is 1.71 bits per heavy atom. The molecule has 1 aromatic rings. The van der Waals surface area contributed by atoms with Crippen LogP contribution in [0.4, 0.5) is 5.69 Å². The SMILES string of the molecule is Cc1cnccc1NC(=O)C(C)CN. The molecule has 1 amide bonds. The molecule has 1 unspecified atom stereocenters. The van der Waals surface area contributed by atoms with Crippen LogP contribution in [0, 0.1) is 12.8 Å². The van der Waals surface area contributed by atoms with Crippen LogP contribution in [0.15, 0.2) is 18.5 Å². The summed E-state index contributed by atoms with van der Waals surface area (Å²) >= 11 is 0. The van der Waals surface area contributed by atoms with Crippen LogP contribution in [-0.2, 0) is 4.79 Å². The van der Waals surface area contributed by atoms with Gasteiger partial charge in [-0.05, 0) is 18.6 Å². The number of aromatic nitrogens is 1. The monoisotopic (exact) mass is 193 g/mol. The number of nitrogens with one attached hydrogen (secondary N) is 1. The smallest absolute Gasteiger partial charge is 0.228 e. The summed E-state index contributed by atoms with van der Waals surface area (Å²) in [6.45, 7) is 4.05.